The number of rotatable bonds is 7. The molecule has 0 heterocycles. The predicted molar refractivity (Wildman–Crippen MR) is 94.7 cm³/mol. The molecule has 0 spiro atoms. The molecule has 24 heavy (non-hydrogen) atoms. The van der Waals surface area contributed by atoms with E-state index >= 15 is 0 Å². The Morgan fingerprint density at radius 3 is 2.62 bits per heavy atom. The number of hydrogen-bond acceptors (Lipinski definition) is 4. The van der Waals surface area contributed by atoms with Crippen molar-refractivity contribution in [3.05, 3.63) is 24.3 Å². The minimum Gasteiger partial charge on any atom is -0.497 e. The van der Waals surface area contributed by atoms with Crippen LogP contribution >= 0.6 is 0 Å². The van der Waals surface area contributed by atoms with E-state index in [-0.39, 0.29) is 24.9 Å². The molecule has 2 rings (SSSR count). The van der Waals surface area contributed by atoms with Crippen LogP contribution in [0.4, 0.5) is 5.69 Å². The fourth-order valence-corrected chi connectivity index (χ4v) is 4.30. The number of nitrogens with zero attached hydrogens (tertiary/aromatic N) is 1. The highest BCUT2D eigenvalue weighted by Crippen LogP contribution is 2.24. The molecule has 0 unspecified atom stereocenters. The zero-order chi connectivity index (χ0) is 17.6. The van der Waals surface area contributed by atoms with E-state index in [2.05, 4.69) is 5.32 Å². The molecule has 1 aliphatic carbocycles. The summed E-state index contributed by atoms with van der Waals surface area (Å²) in [5.41, 5.74) is 0.642. The molecule has 0 atom stereocenters. The number of anilines is 1. The molecule has 0 aromatic heterocycles. The van der Waals surface area contributed by atoms with Crippen molar-refractivity contribution in [2.75, 3.05) is 25.2 Å². The second-order valence-electron chi connectivity index (χ2n) is 6.20. The molecule has 0 aliphatic heterocycles. The van der Waals surface area contributed by atoms with Crippen LogP contribution in [0.1, 0.15) is 38.5 Å². The Labute approximate surface area is 144 Å². The number of hydrogen-bond donors (Lipinski definition) is 1. The average molecular weight is 354 g/mol. The number of sulfonamides is 1. The van der Waals surface area contributed by atoms with Crippen LogP contribution in [0.15, 0.2) is 24.3 Å². The summed E-state index contributed by atoms with van der Waals surface area (Å²) in [4.78, 5) is 12.2. The highest BCUT2D eigenvalue weighted by molar-refractivity contribution is 7.88. The molecule has 1 fully saturated rings. The maximum atomic E-state index is 12.2. The van der Waals surface area contributed by atoms with E-state index in [0.29, 0.717) is 11.4 Å². The summed E-state index contributed by atoms with van der Waals surface area (Å²) in [5, 5.41) is 2.79. The Morgan fingerprint density at radius 1 is 1.29 bits per heavy atom. The molecule has 7 heteroatoms. The normalized spacial score (nSPS) is 16.1. The third kappa shape index (κ3) is 5.49. The highest BCUT2D eigenvalue weighted by atomic mass is 32.2. The molecule has 1 aromatic carbocycles. The second-order valence-corrected chi connectivity index (χ2v) is 8.13. The van der Waals surface area contributed by atoms with Gasteiger partial charge < -0.3 is 10.1 Å². The van der Waals surface area contributed by atoms with Gasteiger partial charge >= 0.3 is 0 Å². The molecule has 0 saturated heterocycles. The van der Waals surface area contributed by atoms with Crippen LogP contribution < -0.4 is 10.1 Å². The summed E-state index contributed by atoms with van der Waals surface area (Å²) in [5.74, 6) is 0.459. The number of carbonyl (C=O) groups excluding carboxylic acids is 1. The van der Waals surface area contributed by atoms with E-state index in [9.17, 15) is 13.2 Å². The molecular formula is C17H26N2O4S. The Kier molecular flexibility index (Phi) is 6.62. The minimum atomic E-state index is -3.31. The molecule has 1 aliphatic rings. The van der Waals surface area contributed by atoms with Gasteiger partial charge in [0.15, 0.2) is 0 Å². The lowest BCUT2D eigenvalue weighted by Crippen LogP contribution is -2.42. The lowest BCUT2D eigenvalue weighted by Gasteiger charge is -2.32. The standard InChI is InChI=1S/C17H26N2O4S/c1-23-16-10-6-7-14(13-16)18-17(20)11-12-19(24(2,21)22)15-8-4-3-5-9-15/h6-7,10,13,15H,3-5,8-9,11-12H2,1-2H3,(H,18,20). The van der Waals surface area contributed by atoms with Crippen LogP contribution in [0.2, 0.25) is 0 Å². The van der Waals surface area contributed by atoms with Crippen molar-refractivity contribution in [2.45, 2.75) is 44.6 Å². The molecule has 0 bridgehead atoms. The molecule has 6 nitrogen and oxygen atoms in total. The molecule has 0 radical (unpaired) electrons. The van der Waals surface area contributed by atoms with E-state index < -0.39 is 10.0 Å². The van der Waals surface area contributed by atoms with Gasteiger partial charge in [0.05, 0.1) is 13.4 Å². The molecular weight excluding hydrogens is 328 g/mol. The first kappa shape index (κ1) is 18.7. The third-order valence-corrected chi connectivity index (χ3v) is 5.65. The van der Waals surface area contributed by atoms with Gasteiger partial charge in [0.25, 0.3) is 0 Å². The molecule has 1 N–H and O–H groups in total. The van der Waals surface area contributed by atoms with Gasteiger partial charge in [-0.05, 0) is 25.0 Å². The quantitative estimate of drug-likeness (QED) is 0.817. The number of benzene rings is 1. The van der Waals surface area contributed by atoms with Crippen LogP contribution in [0.3, 0.4) is 0 Å². The van der Waals surface area contributed by atoms with Crippen LogP contribution in [0, 0.1) is 0 Å². The number of ether oxygens (including phenoxy) is 1. The lowest BCUT2D eigenvalue weighted by molar-refractivity contribution is -0.116. The van der Waals surface area contributed by atoms with Crippen LogP contribution in [-0.2, 0) is 14.8 Å². The average Bonchev–Trinajstić information content (AvgIpc) is 2.55. The van der Waals surface area contributed by atoms with Gasteiger partial charge in [-0.15, -0.1) is 0 Å². The first-order valence-electron chi connectivity index (χ1n) is 8.31. The van der Waals surface area contributed by atoms with Crippen LogP contribution in [0.25, 0.3) is 0 Å². The maximum absolute atomic E-state index is 12.2. The summed E-state index contributed by atoms with van der Waals surface area (Å²) >= 11 is 0. The maximum Gasteiger partial charge on any atom is 0.225 e. The largest absolute Gasteiger partial charge is 0.497 e. The van der Waals surface area contributed by atoms with Gasteiger partial charge in [-0.1, -0.05) is 25.3 Å². The first-order chi connectivity index (χ1) is 11.4. The van der Waals surface area contributed by atoms with E-state index in [1.165, 1.54) is 10.6 Å². The summed E-state index contributed by atoms with van der Waals surface area (Å²) in [6.07, 6.45) is 6.38. The Bertz CT molecular complexity index is 654. The number of methoxy groups -OCH3 is 1. The topological polar surface area (TPSA) is 75.7 Å². The van der Waals surface area contributed by atoms with Gasteiger partial charge in [-0.2, -0.15) is 4.31 Å². The zero-order valence-corrected chi connectivity index (χ0v) is 15.1. The summed E-state index contributed by atoms with van der Waals surface area (Å²) in [6, 6.07) is 7.12. The zero-order valence-electron chi connectivity index (χ0n) is 14.3. The van der Waals surface area contributed by atoms with Gasteiger partial charge in [-0.25, -0.2) is 8.42 Å². The second kappa shape index (κ2) is 8.48. The summed E-state index contributed by atoms with van der Waals surface area (Å²) < 4.78 is 30.7. The van der Waals surface area contributed by atoms with E-state index in [1.54, 1.807) is 31.4 Å². The Balaban J connectivity index is 1.94. The SMILES string of the molecule is COc1cccc(NC(=O)CCN(C2CCCCC2)S(C)(=O)=O)c1. The third-order valence-electron chi connectivity index (χ3n) is 4.32. The Morgan fingerprint density at radius 2 is 2.00 bits per heavy atom. The fourth-order valence-electron chi connectivity index (χ4n) is 3.12. The number of carbonyl (C=O) groups is 1. The van der Waals surface area contributed by atoms with E-state index in [0.717, 1.165) is 32.1 Å². The van der Waals surface area contributed by atoms with Gasteiger partial charge in [0.2, 0.25) is 15.9 Å². The molecule has 1 saturated carbocycles. The van der Waals surface area contributed by atoms with E-state index in [1.807, 2.05) is 0 Å². The monoisotopic (exact) mass is 354 g/mol. The summed E-state index contributed by atoms with van der Waals surface area (Å²) in [6.45, 7) is 0.222. The highest BCUT2D eigenvalue weighted by Gasteiger charge is 2.28. The van der Waals surface area contributed by atoms with Gasteiger partial charge in [0.1, 0.15) is 5.75 Å². The van der Waals surface area contributed by atoms with Crippen molar-refractivity contribution < 1.29 is 17.9 Å². The fraction of sp³-hybridized carbons (Fsp3) is 0.588. The van der Waals surface area contributed by atoms with Crippen molar-refractivity contribution in [1.29, 1.82) is 0 Å². The smallest absolute Gasteiger partial charge is 0.225 e. The number of nitrogens with one attached hydrogen (secondary N) is 1. The van der Waals surface area contributed by atoms with Gasteiger partial charge in [-0.3, -0.25) is 4.79 Å². The first-order valence-corrected chi connectivity index (χ1v) is 10.2. The lowest BCUT2D eigenvalue weighted by atomic mass is 9.95. The van der Waals surface area contributed by atoms with E-state index in [4.69, 9.17) is 4.74 Å². The van der Waals surface area contributed by atoms with Gasteiger partial charge in [0, 0.05) is 30.8 Å². The van der Waals surface area contributed by atoms with Crippen LogP contribution in [-0.4, -0.2) is 44.6 Å². The number of amides is 1. The van der Waals surface area contributed by atoms with Crippen LogP contribution in [0.5, 0.6) is 5.75 Å². The summed E-state index contributed by atoms with van der Waals surface area (Å²) in [7, 11) is -1.75. The molecule has 1 aromatic rings. The van der Waals surface area contributed by atoms with Crippen molar-refractivity contribution in [3.8, 4) is 5.75 Å². The van der Waals surface area contributed by atoms with Crippen molar-refractivity contribution in [1.82, 2.24) is 4.31 Å². The molecule has 134 valence electrons. The van der Waals surface area contributed by atoms with Crippen molar-refractivity contribution >= 4 is 21.6 Å². The Hall–Kier alpha value is -1.60. The molecule has 1 amide bonds. The minimum absolute atomic E-state index is 0.0263. The predicted octanol–water partition coefficient (Wildman–Crippen LogP) is 2.62. The van der Waals surface area contributed by atoms with Crippen molar-refractivity contribution in [2.24, 2.45) is 0 Å². The van der Waals surface area contributed by atoms with Crippen molar-refractivity contribution in [3.63, 3.8) is 0 Å².